The Morgan fingerprint density at radius 2 is 1.89 bits per heavy atom. The van der Waals surface area contributed by atoms with E-state index in [1.54, 1.807) is 0 Å². The predicted molar refractivity (Wildman–Crippen MR) is 85.1 cm³/mol. The van der Waals surface area contributed by atoms with Crippen LogP contribution in [0.5, 0.6) is 0 Å². The Morgan fingerprint density at radius 3 is 2.42 bits per heavy atom. The molecule has 0 aromatic heterocycles. The Labute approximate surface area is 125 Å². The normalized spacial score (nSPS) is 23.0. The van der Waals surface area contributed by atoms with Crippen LogP contribution in [0.1, 0.15) is 45.2 Å². The van der Waals surface area contributed by atoms with E-state index >= 15 is 0 Å². The van der Waals surface area contributed by atoms with E-state index in [1.807, 2.05) is 0 Å². The van der Waals surface area contributed by atoms with Crippen LogP contribution in [-0.2, 0) is 0 Å². The van der Waals surface area contributed by atoms with Gasteiger partial charge in [-0.15, -0.1) is 0 Å². The topological polar surface area (TPSA) is 29.3 Å². The van der Waals surface area contributed by atoms with Crippen molar-refractivity contribution in [3.05, 3.63) is 34.3 Å². The zero-order valence-corrected chi connectivity index (χ0v) is 13.8. The molecule has 19 heavy (non-hydrogen) atoms. The van der Waals surface area contributed by atoms with Crippen molar-refractivity contribution in [3.8, 4) is 0 Å². The molecule has 2 unspecified atom stereocenters. The molecule has 1 aliphatic heterocycles. The average molecular weight is 325 g/mol. The lowest BCUT2D eigenvalue weighted by molar-refractivity contribution is 0.0688. The van der Waals surface area contributed by atoms with E-state index in [4.69, 9.17) is 5.73 Å². The number of hydrogen-bond donors (Lipinski definition) is 1. The zero-order chi connectivity index (χ0) is 14.0. The molecular weight excluding hydrogens is 300 g/mol. The Kier molecular flexibility index (Phi) is 4.70. The highest BCUT2D eigenvalue weighted by Gasteiger charge is 2.32. The predicted octanol–water partition coefficient (Wildman–Crippen LogP) is 3.96. The van der Waals surface area contributed by atoms with Gasteiger partial charge in [0.15, 0.2) is 0 Å². The van der Waals surface area contributed by atoms with Crippen molar-refractivity contribution in [2.75, 3.05) is 13.1 Å². The molecule has 0 amide bonds. The van der Waals surface area contributed by atoms with Gasteiger partial charge in [-0.1, -0.05) is 41.9 Å². The molecule has 2 rings (SSSR count). The lowest BCUT2D eigenvalue weighted by Crippen LogP contribution is -2.47. The van der Waals surface area contributed by atoms with Crippen LogP contribution in [-0.4, -0.2) is 24.0 Å². The van der Waals surface area contributed by atoms with Crippen LogP contribution in [0.2, 0.25) is 0 Å². The molecule has 1 heterocycles. The van der Waals surface area contributed by atoms with Gasteiger partial charge in [-0.3, -0.25) is 4.90 Å². The minimum Gasteiger partial charge on any atom is -0.326 e. The van der Waals surface area contributed by atoms with Crippen LogP contribution in [0.15, 0.2) is 28.7 Å². The van der Waals surface area contributed by atoms with Crippen molar-refractivity contribution in [1.29, 1.82) is 0 Å². The van der Waals surface area contributed by atoms with Gasteiger partial charge < -0.3 is 5.73 Å². The number of benzene rings is 1. The molecule has 106 valence electrons. The molecular formula is C16H25BrN2. The van der Waals surface area contributed by atoms with E-state index in [0.29, 0.717) is 11.5 Å². The summed E-state index contributed by atoms with van der Waals surface area (Å²) in [6, 6.07) is 9.08. The quantitative estimate of drug-likeness (QED) is 0.911. The maximum Gasteiger partial charge on any atom is 0.0496 e. The van der Waals surface area contributed by atoms with Gasteiger partial charge in [0.05, 0.1) is 0 Å². The fourth-order valence-corrected chi connectivity index (χ4v) is 3.48. The van der Waals surface area contributed by atoms with E-state index in [2.05, 4.69) is 65.9 Å². The maximum atomic E-state index is 6.27. The van der Waals surface area contributed by atoms with Gasteiger partial charge in [0.25, 0.3) is 0 Å². The molecule has 2 nitrogen and oxygen atoms in total. The fraction of sp³-hybridized carbons (Fsp3) is 0.625. The summed E-state index contributed by atoms with van der Waals surface area (Å²) in [7, 11) is 0. The molecule has 0 spiro atoms. The van der Waals surface area contributed by atoms with E-state index in [1.165, 1.54) is 18.4 Å². The average Bonchev–Trinajstić information content (AvgIpc) is 2.30. The summed E-state index contributed by atoms with van der Waals surface area (Å²) in [6.45, 7) is 9.13. The second-order valence-electron chi connectivity index (χ2n) is 6.59. The minimum absolute atomic E-state index is 0.148. The summed E-state index contributed by atoms with van der Waals surface area (Å²) in [5.74, 6) is 0. The van der Waals surface area contributed by atoms with Crippen LogP contribution in [0.4, 0.5) is 0 Å². The molecule has 0 saturated carbocycles. The number of halogens is 1. The van der Waals surface area contributed by atoms with Crippen LogP contribution in [0.3, 0.4) is 0 Å². The van der Waals surface area contributed by atoms with Crippen molar-refractivity contribution < 1.29 is 0 Å². The summed E-state index contributed by atoms with van der Waals surface area (Å²) in [4.78, 5) is 2.57. The van der Waals surface area contributed by atoms with Crippen LogP contribution >= 0.6 is 15.9 Å². The first-order chi connectivity index (χ1) is 8.89. The Morgan fingerprint density at radius 1 is 1.26 bits per heavy atom. The molecule has 0 aliphatic carbocycles. The van der Waals surface area contributed by atoms with Crippen LogP contribution < -0.4 is 5.73 Å². The van der Waals surface area contributed by atoms with E-state index in [-0.39, 0.29) is 6.04 Å². The number of nitrogens with two attached hydrogens (primary N) is 1. The largest absolute Gasteiger partial charge is 0.326 e. The number of likely N-dealkylation sites (tertiary alicyclic amines) is 1. The van der Waals surface area contributed by atoms with Gasteiger partial charge in [0, 0.05) is 23.1 Å². The first-order valence-electron chi connectivity index (χ1n) is 7.14. The third kappa shape index (κ3) is 3.80. The van der Waals surface area contributed by atoms with Crippen molar-refractivity contribution in [2.45, 2.75) is 45.7 Å². The molecule has 1 aromatic carbocycles. The highest BCUT2D eigenvalue weighted by molar-refractivity contribution is 9.10. The molecule has 1 saturated heterocycles. The van der Waals surface area contributed by atoms with Gasteiger partial charge in [0.1, 0.15) is 0 Å². The Balaban J connectivity index is 2.22. The first kappa shape index (κ1) is 15.0. The van der Waals surface area contributed by atoms with E-state index < -0.39 is 0 Å². The number of hydrogen-bond acceptors (Lipinski definition) is 2. The zero-order valence-electron chi connectivity index (χ0n) is 12.2. The Hall–Kier alpha value is -0.380. The van der Waals surface area contributed by atoms with Gasteiger partial charge in [-0.05, 0) is 49.4 Å². The Bertz CT molecular complexity index is 411. The molecule has 2 atom stereocenters. The number of piperidine rings is 1. The van der Waals surface area contributed by atoms with Crippen molar-refractivity contribution >= 4 is 15.9 Å². The molecule has 3 heteroatoms. The van der Waals surface area contributed by atoms with Crippen molar-refractivity contribution in [1.82, 2.24) is 4.90 Å². The third-order valence-electron chi connectivity index (χ3n) is 4.03. The first-order valence-corrected chi connectivity index (χ1v) is 7.93. The smallest absolute Gasteiger partial charge is 0.0496 e. The molecule has 1 fully saturated rings. The summed E-state index contributed by atoms with van der Waals surface area (Å²) >= 11 is 3.50. The number of rotatable bonds is 3. The molecule has 0 bridgehead atoms. The lowest BCUT2D eigenvalue weighted by Gasteiger charge is -2.43. The second kappa shape index (κ2) is 5.94. The van der Waals surface area contributed by atoms with Gasteiger partial charge in [-0.2, -0.15) is 0 Å². The van der Waals surface area contributed by atoms with Gasteiger partial charge in [-0.25, -0.2) is 0 Å². The summed E-state index contributed by atoms with van der Waals surface area (Å²) < 4.78 is 1.12. The maximum absolute atomic E-state index is 6.27. The summed E-state index contributed by atoms with van der Waals surface area (Å²) in [6.07, 6.45) is 2.59. The standard InChI is InChI=1S/C16H25BrN2/c1-12(18)15(13-5-7-14(17)8-6-13)19-10-4-9-16(2,3)11-19/h5-8,12,15H,4,9-11,18H2,1-3H3. The fourth-order valence-electron chi connectivity index (χ4n) is 3.21. The van der Waals surface area contributed by atoms with Crippen molar-refractivity contribution in [3.63, 3.8) is 0 Å². The van der Waals surface area contributed by atoms with E-state index in [0.717, 1.165) is 17.6 Å². The van der Waals surface area contributed by atoms with Crippen LogP contribution in [0.25, 0.3) is 0 Å². The van der Waals surface area contributed by atoms with E-state index in [9.17, 15) is 0 Å². The highest BCUT2D eigenvalue weighted by Crippen LogP contribution is 2.34. The minimum atomic E-state index is 0.148. The lowest BCUT2D eigenvalue weighted by atomic mass is 9.82. The molecule has 1 aromatic rings. The molecule has 2 N–H and O–H groups in total. The van der Waals surface area contributed by atoms with Gasteiger partial charge >= 0.3 is 0 Å². The monoisotopic (exact) mass is 324 g/mol. The highest BCUT2D eigenvalue weighted by atomic mass is 79.9. The second-order valence-corrected chi connectivity index (χ2v) is 7.51. The van der Waals surface area contributed by atoms with Gasteiger partial charge in [0.2, 0.25) is 0 Å². The molecule has 0 radical (unpaired) electrons. The summed E-state index contributed by atoms with van der Waals surface area (Å²) in [5.41, 5.74) is 8.01. The van der Waals surface area contributed by atoms with Crippen LogP contribution in [0, 0.1) is 5.41 Å². The SMILES string of the molecule is CC(N)C(c1ccc(Br)cc1)N1CCCC(C)(C)C1. The molecule has 1 aliphatic rings. The number of nitrogens with zero attached hydrogens (tertiary/aromatic N) is 1. The van der Waals surface area contributed by atoms with Crippen molar-refractivity contribution in [2.24, 2.45) is 11.1 Å². The summed E-state index contributed by atoms with van der Waals surface area (Å²) in [5, 5.41) is 0. The third-order valence-corrected chi connectivity index (χ3v) is 4.56.